The topological polar surface area (TPSA) is 33.2 Å². The van der Waals surface area contributed by atoms with Crippen LogP contribution in [0.5, 0.6) is 0 Å². The molecular formula is C31H33FN3O+. The van der Waals surface area contributed by atoms with Crippen molar-refractivity contribution in [3.05, 3.63) is 113 Å². The van der Waals surface area contributed by atoms with Crippen LogP contribution < -0.4 is 0 Å². The van der Waals surface area contributed by atoms with Crippen LogP contribution in [0.25, 0.3) is 11.3 Å². The quantitative estimate of drug-likeness (QED) is 0.430. The van der Waals surface area contributed by atoms with Gasteiger partial charge in [-0.15, -0.1) is 0 Å². The van der Waals surface area contributed by atoms with Gasteiger partial charge in [0.05, 0.1) is 7.05 Å². The lowest BCUT2D eigenvalue weighted by atomic mass is 9.93. The predicted octanol–water partition coefficient (Wildman–Crippen LogP) is 5.82. The number of rotatable bonds is 5. The second kappa shape index (κ2) is 10.2. The number of allylic oxidation sites excluding steroid dienone is 2. The van der Waals surface area contributed by atoms with E-state index in [1.807, 2.05) is 53.6 Å². The molecule has 3 aromatic rings. The largest absolute Gasteiger partial charge is 0.338 e. The predicted molar refractivity (Wildman–Crippen MR) is 142 cm³/mol. The third kappa shape index (κ3) is 5.02. The Morgan fingerprint density at radius 2 is 1.78 bits per heavy atom. The molecule has 4 nitrogen and oxygen atoms in total. The Balaban J connectivity index is 1.35. The maximum Gasteiger partial charge on any atom is 0.278 e. The van der Waals surface area contributed by atoms with Gasteiger partial charge in [0.2, 0.25) is 0 Å². The molecule has 1 fully saturated rings. The SMILES string of the molecule is Cc1cc(C2=CC[N+](C)(CC(=O)N3CCC(c4ccccn4)CC3)C(c3ccccc3)=C2)ccc1F. The van der Waals surface area contributed by atoms with E-state index >= 15 is 0 Å². The van der Waals surface area contributed by atoms with Crippen LogP contribution in [0.1, 0.15) is 41.1 Å². The molecule has 0 N–H and O–H groups in total. The number of likely N-dealkylation sites (N-methyl/N-ethyl adjacent to an activating group) is 1. The minimum absolute atomic E-state index is 0.188. The van der Waals surface area contributed by atoms with Crippen LogP contribution in [0, 0.1) is 12.7 Å². The van der Waals surface area contributed by atoms with Crippen molar-refractivity contribution < 1.29 is 13.7 Å². The van der Waals surface area contributed by atoms with Gasteiger partial charge < -0.3 is 4.90 Å². The number of amides is 1. The molecule has 1 atom stereocenters. The number of hydrogen-bond acceptors (Lipinski definition) is 2. The molecule has 184 valence electrons. The molecule has 1 unspecified atom stereocenters. The zero-order valence-electron chi connectivity index (χ0n) is 21.0. The molecule has 2 aliphatic heterocycles. The highest BCUT2D eigenvalue weighted by molar-refractivity contribution is 5.85. The van der Waals surface area contributed by atoms with Gasteiger partial charge in [-0.1, -0.05) is 30.3 Å². The molecule has 2 aromatic carbocycles. The summed E-state index contributed by atoms with van der Waals surface area (Å²) in [5.74, 6) is 0.410. The molecule has 1 saturated heterocycles. The van der Waals surface area contributed by atoms with E-state index in [4.69, 9.17) is 0 Å². The fraction of sp³-hybridized carbons (Fsp3) is 0.290. The normalized spacial score (nSPS) is 20.6. The van der Waals surface area contributed by atoms with Gasteiger partial charge >= 0.3 is 0 Å². The van der Waals surface area contributed by atoms with Crippen LogP contribution in [0.3, 0.4) is 0 Å². The Labute approximate surface area is 213 Å². The number of pyridine rings is 1. The number of carbonyl (C=O) groups is 1. The van der Waals surface area contributed by atoms with Crippen molar-refractivity contribution in [2.24, 2.45) is 0 Å². The number of aromatic nitrogens is 1. The second-order valence-corrected chi connectivity index (χ2v) is 10.2. The number of likely N-dealkylation sites (tertiary alicyclic amines) is 1. The van der Waals surface area contributed by atoms with E-state index in [1.165, 1.54) is 6.07 Å². The number of benzene rings is 2. The van der Waals surface area contributed by atoms with Gasteiger partial charge in [-0.3, -0.25) is 14.3 Å². The molecule has 0 radical (unpaired) electrons. The average Bonchev–Trinajstić information content (AvgIpc) is 2.91. The number of piperidine rings is 1. The highest BCUT2D eigenvalue weighted by Gasteiger charge is 2.36. The van der Waals surface area contributed by atoms with Crippen molar-refractivity contribution >= 4 is 17.2 Å². The first-order chi connectivity index (χ1) is 17.4. The third-order valence-corrected chi connectivity index (χ3v) is 7.59. The molecular weight excluding hydrogens is 449 g/mol. The number of halogens is 1. The van der Waals surface area contributed by atoms with Crippen molar-refractivity contribution in [1.82, 2.24) is 9.88 Å². The number of quaternary nitrogens is 1. The minimum Gasteiger partial charge on any atom is -0.338 e. The molecule has 2 aliphatic rings. The summed E-state index contributed by atoms with van der Waals surface area (Å²) in [7, 11) is 2.14. The Morgan fingerprint density at radius 1 is 1.03 bits per heavy atom. The van der Waals surface area contributed by atoms with Crippen LogP contribution in [-0.4, -0.2) is 53.5 Å². The lowest BCUT2D eigenvalue weighted by Crippen LogP contribution is -2.52. The summed E-state index contributed by atoms with van der Waals surface area (Å²) in [6.45, 7) is 4.42. The van der Waals surface area contributed by atoms with Crippen molar-refractivity contribution in [2.45, 2.75) is 25.7 Å². The summed E-state index contributed by atoms with van der Waals surface area (Å²) >= 11 is 0. The maximum absolute atomic E-state index is 13.9. The van der Waals surface area contributed by atoms with Crippen LogP contribution >= 0.6 is 0 Å². The van der Waals surface area contributed by atoms with Crippen molar-refractivity contribution in [1.29, 1.82) is 0 Å². The molecule has 1 amide bonds. The molecule has 1 aromatic heterocycles. The van der Waals surface area contributed by atoms with Gasteiger partial charge in [-0.05, 0) is 78.9 Å². The zero-order valence-corrected chi connectivity index (χ0v) is 21.0. The van der Waals surface area contributed by atoms with Gasteiger partial charge in [0.1, 0.15) is 18.1 Å². The van der Waals surface area contributed by atoms with E-state index in [1.54, 1.807) is 6.92 Å². The average molecular weight is 483 g/mol. The van der Waals surface area contributed by atoms with Gasteiger partial charge in [0, 0.05) is 42.5 Å². The monoisotopic (exact) mass is 482 g/mol. The van der Waals surface area contributed by atoms with Gasteiger partial charge in [0.15, 0.2) is 6.54 Å². The standard InChI is InChI=1S/C31H33FN3O/c1-23-20-26(11-12-28(23)32)27-15-19-35(2,30(21-27)25-8-4-3-5-9-25)22-31(36)34-17-13-24(14-18-34)29-10-6-7-16-33-29/h3-12,15-16,20-21,24H,13-14,17-19,22H2,1-2H3/q+1. The fourth-order valence-electron chi connectivity index (χ4n) is 5.38. The van der Waals surface area contributed by atoms with Crippen LogP contribution in [0.2, 0.25) is 0 Å². The summed E-state index contributed by atoms with van der Waals surface area (Å²) in [6, 6.07) is 21.6. The van der Waals surface area contributed by atoms with Gasteiger partial charge in [0.25, 0.3) is 5.91 Å². The Morgan fingerprint density at radius 3 is 2.47 bits per heavy atom. The first-order valence-electron chi connectivity index (χ1n) is 12.7. The summed E-state index contributed by atoms with van der Waals surface area (Å²) in [5, 5.41) is 0. The Kier molecular flexibility index (Phi) is 6.84. The van der Waals surface area contributed by atoms with E-state index in [9.17, 15) is 9.18 Å². The van der Waals surface area contributed by atoms with E-state index in [2.05, 4.69) is 42.4 Å². The molecule has 0 aliphatic carbocycles. The highest BCUT2D eigenvalue weighted by Crippen LogP contribution is 2.35. The van der Waals surface area contributed by atoms with Crippen LogP contribution in [-0.2, 0) is 4.79 Å². The van der Waals surface area contributed by atoms with Crippen molar-refractivity contribution in [3.8, 4) is 0 Å². The van der Waals surface area contributed by atoms with Crippen LogP contribution in [0.15, 0.2) is 85.1 Å². The Hall–Kier alpha value is -3.57. The first kappa shape index (κ1) is 24.1. The molecule has 0 saturated carbocycles. The number of nitrogens with zero attached hydrogens (tertiary/aromatic N) is 3. The second-order valence-electron chi connectivity index (χ2n) is 10.2. The summed E-state index contributed by atoms with van der Waals surface area (Å²) in [6.07, 6.45) is 8.09. The van der Waals surface area contributed by atoms with E-state index < -0.39 is 0 Å². The molecule has 0 spiro atoms. The van der Waals surface area contributed by atoms with Crippen molar-refractivity contribution in [2.75, 3.05) is 33.2 Å². The van der Waals surface area contributed by atoms with Gasteiger partial charge in [-0.25, -0.2) is 4.39 Å². The highest BCUT2D eigenvalue weighted by atomic mass is 19.1. The summed E-state index contributed by atoms with van der Waals surface area (Å²) in [5.41, 5.74) is 6.03. The maximum atomic E-state index is 13.9. The number of hydrogen-bond donors (Lipinski definition) is 0. The molecule has 0 bridgehead atoms. The minimum atomic E-state index is -0.194. The lowest BCUT2D eigenvalue weighted by Gasteiger charge is -2.40. The van der Waals surface area contributed by atoms with E-state index in [-0.39, 0.29) is 11.7 Å². The number of carbonyl (C=O) groups excluding carboxylic acids is 1. The molecule has 3 heterocycles. The first-order valence-corrected chi connectivity index (χ1v) is 12.7. The van der Waals surface area contributed by atoms with E-state index in [0.29, 0.717) is 29.1 Å². The van der Waals surface area contributed by atoms with Gasteiger partial charge in [-0.2, -0.15) is 0 Å². The van der Waals surface area contributed by atoms with E-state index in [0.717, 1.165) is 54.0 Å². The molecule has 5 rings (SSSR count). The fourth-order valence-corrected chi connectivity index (χ4v) is 5.38. The summed E-state index contributed by atoms with van der Waals surface area (Å²) < 4.78 is 14.4. The lowest BCUT2D eigenvalue weighted by molar-refractivity contribution is -0.825. The molecule has 5 heteroatoms. The smallest absolute Gasteiger partial charge is 0.278 e. The number of aryl methyl sites for hydroxylation is 1. The zero-order chi connectivity index (χ0) is 25.1. The molecule has 36 heavy (non-hydrogen) atoms. The third-order valence-electron chi connectivity index (χ3n) is 7.59. The van der Waals surface area contributed by atoms with Crippen LogP contribution in [0.4, 0.5) is 4.39 Å². The summed E-state index contributed by atoms with van der Waals surface area (Å²) in [4.78, 5) is 20.1. The Bertz CT molecular complexity index is 1290. The van der Waals surface area contributed by atoms with Crippen molar-refractivity contribution in [3.63, 3.8) is 0 Å².